The minimum absolute atomic E-state index is 0.00826. The van der Waals surface area contributed by atoms with Crippen molar-refractivity contribution in [3.63, 3.8) is 0 Å². The van der Waals surface area contributed by atoms with E-state index in [0.717, 1.165) is 25.2 Å². The molecule has 11 heteroatoms. The molecule has 0 spiro atoms. The number of carbonyl (C=O) groups excluding carboxylic acids is 1. The summed E-state index contributed by atoms with van der Waals surface area (Å²) in [6, 6.07) is 17.4. The smallest absolute Gasteiger partial charge is 0.382 e. The number of fused-ring (bicyclic) bond motifs is 1. The third-order valence-corrected chi connectivity index (χ3v) is 7.73. The fourth-order valence-corrected chi connectivity index (χ4v) is 5.58. The number of halogens is 3. The van der Waals surface area contributed by atoms with E-state index in [-0.39, 0.29) is 30.3 Å². The lowest BCUT2D eigenvalue weighted by Crippen LogP contribution is -2.50. The number of nitrogens with one attached hydrogen (secondary N) is 1. The Morgan fingerprint density at radius 2 is 1.68 bits per heavy atom. The molecule has 0 atom stereocenters. The lowest BCUT2D eigenvalue weighted by atomic mass is 9.92. The first-order valence-electron chi connectivity index (χ1n) is 13.4. The maximum atomic E-state index is 13.3. The van der Waals surface area contributed by atoms with Crippen LogP contribution in [0.4, 0.5) is 30.2 Å². The zero-order valence-electron chi connectivity index (χ0n) is 21.9. The van der Waals surface area contributed by atoms with Crippen molar-refractivity contribution < 1.29 is 27.6 Å². The zero-order chi connectivity index (χ0) is 28.3. The largest absolute Gasteiger partial charge is 0.423 e. The Balaban J connectivity index is 1.07. The quantitative estimate of drug-likeness (QED) is 0.290. The summed E-state index contributed by atoms with van der Waals surface area (Å²) in [5.41, 5.74) is -0.860. The maximum absolute atomic E-state index is 13.3. The van der Waals surface area contributed by atoms with Crippen LogP contribution in [0.15, 0.2) is 60.7 Å². The molecule has 1 aliphatic heterocycles. The second-order valence-corrected chi connectivity index (χ2v) is 10.3. The van der Waals surface area contributed by atoms with E-state index in [1.807, 2.05) is 17.0 Å². The average molecular weight is 557 g/mol. The summed E-state index contributed by atoms with van der Waals surface area (Å²) in [6.07, 6.45) is -2.28. The van der Waals surface area contributed by atoms with Crippen LogP contribution in [0.5, 0.6) is 0 Å². The maximum Gasteiger partial charge on any atom is 0.423 e. The van der Waals surface area contributed by atoms with Gasteiger partial charge in [0.2, 0.25) is 5.91 Å². The van der Waals surface area contributed by atoms with Gasteiger partial charge in [0.15, 0.2) is 0 Å². The number of nitro groups is 1. The summed E-state index contributed by atoms with van der Waals surface area (Å²) in [7, 11) is 0. The minimum Gasteiger partial charge on any atom is -0.382 e. The van der Waals surface area contributed by atoms with Crippen LogP contribution in [0.1, 0.15) is 31.2 Å². The Morgan fingerprint density at radius 1 is 0.975 bits per heavy atom. The summed E-state index contributed by atoms with van der Waals surface area (Å²) in [6.45, 7) is 2.74. The van der Waals surface area contributed by atoms with E-state index in [4.69, 9.17) is 4.74 Å². The van der Waals surface area contributed by atoms with Gasteiger partial charge in [-0.3, -0.25) is 14.9 Å². The van der Waals surface area contributed by atoms with Crippen LogP contribution < -0.4 is 10.2 Å². The standard InChI is InChI=1S/C29H31F3N4O4/c30-29(31,32)25-18-22(10-13-27(25)36(38)39)33-21-8-11-23(12-9-21)40-19-28(37)35-16-14-34(15-17-35)26-7-3-5-20-4-1-2-6-24(20)26/h1-7,10,13,18,21,23,33H,8-9,11-12,14-17,19H2/t21-,23-. The van der Waals surface area contributed by atoms with Gasteiger partial charge in [-0.15, -0.1) is 0 Å². The molecule has 1 heterocycles. The van der Waals surface area contributed by atoms with Crippen LogP contribution in [0.3, 0.4) is 0 Å². The molecule has 2 aliphatic rings. The van der Waals surface area contributed by atoms with Crippen molar-refractivity contribution in [3.8, 4) is 0 Å². The van der Waals surface area contributed by atoms with Gasteiger partial charge in [-0.1, -0.05) is 36.4 Å². The lowest BCUT2D eigenvalue weighted by molar-refractivity contribution is -0.388. The molecule has 0 bridgehead atoms. The van der Waals surface area contributed by atoms with Crippen LogP contribution in [-0.4, -0.2) is 60.7 Å². The first-order chi connectivity index (χ1) is 19.2. The minimum atomic E-state index is -4.82. The van der Waals surface area contributed by atoms with Crippen molar-refractivity contribution in [2.75, 3.05) is 43.0 Å². The molecule has 1 amide bonds. The van der Waals surface area contributed by atoms with Gasteiger partial charge in [0.05, 0.1) is 11.0 Å². The monoisotopic (exact) mass is 556 g/mol. The second-order valence-electron chi connectivity index (χ2n) is 10.3. The van der Waals surface area contributed by atoms with E-state index in [1.165, 1.54) is 22.5 Å². The van der Waals surface area contributed by atoms with Crippen molar-refractivity contribution in [2.24, 2.45) is 0 Å². The summed E-state index contributed by atoms with van der Waals surface area (Å²) >= 11 is 0. The third-order valence-electron chi connectivity index (χ3n) is 7.73. The van der Waals surface area contributed by atoms with E-state index in [1.54, 1.807) is 0 Å². The van der Waals surface area contributed by atoms with E-state index >= 15 is 0 Å². The fraction of sp³-hybridized carbons (Fsp3) is 0.414. The molecule has 0 unspecified atom stereocenters. The van der Waals surface area contributed by atoms with E-state index in [2.05, 4.69) is 40.5 Å². The Bertz CT molecular complexity index is 1360. The number of amides is 1. The number of carbonyl (C=O) groups is 1. The van der Waals surface area contributed by atoms with Gasteiger partial charge in [-0.2, -0.15) is 13.2 Å². The highest BCUT2D eigenvalue weighted by atomic mass is 19.4. The molecule has 1 saturated carbocycles. The van der Waals surface area contributed by atoms with E-state index in [9.17, 15) is 28.1 Å². The fourth-order valence-electron chi connectivity index (χ4n) is 5.58. The molecule has 5 rings (SSSR count). The highest BCUT2D eigenvalue weighted by Crippen LogP contribution is 2.38. The molecule has 0 radical (unpaired) electrons. The number of alkyl halides is 3. The van der Waals surface area contributed by atoms with Gasteiger partial charge in [0, 0.05) is 55.0 Å². The Hall–Kier alpha value is -3.86. The van der Waals surface area contributed by atoms with Crippen molar-refractivity contribution >= 4 is 33.7 Å². The van der Waals surface area contributed by atoms with Crippen LogP contribution in [0.25, 0.3) is 10.8 Å². The van der Waals surface area contributed by atoms with E-state index in [0.29, 0.717) is 38.8 Å². The van der Waals surface area contributed by atoms with Gasteiger partial charge in [0.1, 0.15) is 12.2 Å². The number of nitro benzene ring substituents is 1. The number of hydrogen-bond donors (Lipinski definition) is 1. The van der Waals surface area contributed by atoms with Crippen LogP contribution >= 0.6 is 0 Å². The Labute approximate surface area is 229 Å². The summed E-state index contributed by atoms with van der Waals surface area (Å²) in [5.74, 6) is -0.0385. The van der Waals surface area contributed by atoms with Crippen LogP contribution in [-0.2, 0) is 15.7 Å². The topological polar surface area (TPSA) is 87.9 Å². The number of nitrogens with zero attached hydrogens (tertiary/aromatic N) is 3. The highest BCUT2D eigenvalue weighted by Gasteiger charge is 2.38. The Morgan fingerprint density at radius 3 is 2.38 bits per heavy atom. The molecular formula is C29H31F3N4O4. The van der Waals surface area contributed by atoms with Crippen molar-refractivity contribution in [3.05, 3.63) is 76.3 Å². The lowest BCUT2D eigenvalue weighted by Gasteiger charge is -2.37. The number of ether oxygens (including phenoxy) is 1. The molecule has 0 aromatic heterocycles. The summed E-state index contributed by atoms with van der Waals surface area (Å²) in [4.78, 5) is 26.9. The molecule has 40 heavy (non-hydrogen) atoms. The van der Waals surface area contributed by atoms with Gasteiger partial charge in [0.25, 0.3) is 5.69 Å². The van der Waals surface area contributed by atoms with E-state index < -0.39 is 22.4 Å². The molecule has 212 valence electrons. The SMILES string of the molecule is O=C(CO[C@H]1CC[C@H](Nc2ccc([N+](=O)[O-])c(C(F)(F)F)c2)CC1)N1CCN(c2cccc3ccccc23)CC1. The normalized spacial score (nSPS) is 20.0. The van der Waals surface area contributed by atoms with Crippen LogP contribution in [0.2, 0.25) is 0 Å². The van der Waals surface area contributed by atoms with Gasteiger partial charge in [-0.05, 0) is 49.3 Å². The second kappa shape index (κ2) is 11.7. The molecule has 1 saturated heterocycles. The van der Waals surface area contributed by atoms with Gasteiger partial charge >= 0.3 is 6.18 Å². The molecule has 3 aromatic rings. The number of hydrogen-bond acceptors (Lipinski definition) is 6. The first kappa shape index (κ1) is 27.7. The number of anilines is 2. The molecule has 1 N–H and O–H groups in total. The predicted molar refractivity (Wildman–Crippen MR) is 146 cm³/mol. The Kier molecular flexibility index (Phi) is 8.11. The molecular weight excluding hydrogens is 525 g/mol. The predicted octanol–water partition coefficient (Wildman–Crippen LogP) is 5.86. The molecule has 2 fully saturated rings. The van der Waals surface area contributed by atoms with Crippen LogP contribution in [0, 0.1) is 10.1 Å². The number of rotatable bonds is 7. The first-order valence-corrected chi connectivity index (χ1v) is 13.4. The van der Waals surface area contributed by atoms with Crippen molar-refractivity contribution in [1.82, 2.24) is 4.90 Å². The summed E-state index contributed by atoms with van der Waals surface area (Å²) < 4.78 is 45.7. The van der Waals surface area contributed by atoms with Gasteiger partial charge in [-0.25, -0.2) is 0 Å². The molecule has 8 nitrogen and oxygen atoms in total. The molecule has 3 aromatic carbocycles. The summed E-state index contributed by atoms with van der Waals surface area (Å²) in [5, 5.41) is 16.4. The number of piperazine rings is 1. The van der Waals surface area contributed by atoms with Gasteiger partial charge < -0.3 is 19.9 Å². The van der Waals surface area contributed by atoms with Crippen molar-refractivity contribution in [1.29, 1.82) is 0 Å². The zero-order valence-corrected chi connectivity index (χ0v) is 21.9. The highest BCUT2D eigenvalue weighted by molar-refractivity contribution is 5.94. The third kappa shape index (κ3) is 6.30. The molecule has 1 aliphatic carbocycles. The van der Waals surface area contributed by atoms with Crippen molar-refractivity contribution in [2.45, 2.75) is 44.0 Å². The number of benzene rings is 3. The average Bonchev–Trinajstić information content (AvgIpc) is 2.96.